The second kappa shape index (κ2) is 5.62. The highest BCUT2D eigenvalue weighted by atomic mass is 19.3. The van der Waals surface area contributed by atoms with E-state index in [1.807, 2.05) is 0 Å². The van der Waals surface area contributed by atoms with E-state index in [4.69, 9.17) is 0 Å². The molecule has 0 unspecified atom stereocenters. The van der Waals surface area contributed by atoms with Gasteiger partial charge in [0.15, 0.2) is 0 Å². The normalized spacial score (nSPS) is 15.1. The Balaban J connectivity index is 2.02. The average molecular weight is 253 g/mol. The van der Waals surface area contributed by atoms with Crippen LogP contribution in [0.2, 0.25) is 0 Å². The van der Waals surface area contributed by atoms with Crippen molar-refractivity contribution in [3.63, 3.8) is 0 Å². The summed E-state index contributed by atoms with van der Waals surface area (Å²) in [4.78, 5) is 11.4. The summed E-state index contributed by atoms with van der Waals surface area (Å²) >= 11 is 0. The van der Waals surface area contributed by atoms with Crippen molar-refractivity contribution in [2.75, 3.05) is 0 Å². The van der Waals surface area contributed by atoms with Gasteiger partial charge in [0, 0.05) is 17.7 Å². The third-order valence-electron chi connectivity index (χ3n) is 2.47. The second-order valence-electron chi connectivity index (χ2n) is 4.03. The molecule has 1 aromatic carbocycles. The largest absolute Gasteiger partial charge is 0.434 e. The molecule has 0 aliphatic heterocycles. The Hall–Kier alpha value is -1.91. The van der Waals surface area contributed by atoms with Gasteiger partial charge in [-0.2, -0.15) is 8.78 Å². The molecule has 1 aromatic rings. The van der Waals surface area contributed by atoms with Crippen LogP contribution in [-0.2, 0) is 4.79 Å². The molecule has 1 N–H and O–H groups in total. The molecule has 0 spiro atoms. The molecule has 3 nitrogen and oxygen atoms in total. The van der Waals surface area contributed by atoms with Crippen molar-refractivity contribution in [1.82, 2.24) is 5.32 Å². The number of hydrogen-bond donors (Lipinski definition) is 1. The molecule has 1 aliphatic carbocycles. The van der Waals surface area contributed by atoms with Crippen LogP contribution >= 0.6 is 0 Å². The van der Waals surface area contributed by atoms with Gasteiger partial charge in [-0.15, -0.1) is 0 Å². The van der Waals surface area contributed by atoms with Crippen LogP contribution < -0.4 is 10.1 Å². The third-order valence-corrected chi connectivity index (χ3v) is 2.47. The topological polar surface area (TPSA) is 38.3 Å². The number of amides is 1. The summed E-state index contributed by atoms with van der Waals surface area (Å²) in [6, 6.07) is 6.61. The van der Waals surface area contributed by atoms with E-state index in [2.05, 4.69) is 10.1 Å². The summed E-state index contributed by atoms with van der Waals surface area (Å²) in [5.74, 6) is -0.160. The summed E-state index contributed by atoms with van der Waals surface area (Å²) < 4.78 is 28.7. The van der Waals surface area contributed by atoms with Gasteiger partial charge in [0.05, 0.1) is 0 Å². The molecule has 0 aromatic heterocycles. The number of nitrogens with one attached hydrogen (secondary N) is 1. The zero-order valence-electron chi connectivity index (χ0n) is 9.61. The van der Waals surface area contributed by atoms with E-state index < -0.39 is 6.61 Å². The van der Waals surface area contributed by atoms with Crippen LogP contribution in [0.5, 0.6) is 5.75 Å². The van der Waals surface area contributed by atoms with Crippen molar-refractivity contribution < 1.29 is 18.3 Å². The van der Waals surface area contributed by atoms with Gasteiger partial charge in [-0.25, -0.2) is 0 Å². The highest BCUT2D eigenvalue weighted by molar-refractivity contribution is 5.92. The van der Waals surface area contributed by atoms with Crippen LogP contribution in [0.3, 0.4) is 0 Å². The van der Waals surface area contributed by atoms with E-state index in [0.29, 0.717) is 5.56 Å². The number of carbonyl (C=O) groups excluding carboxylic acids is 1. The molecule has 0 heterocycles. The zero-order chi connectivity index (χ0) is 13.0. The first-order valence-corrected chi connectivity index (χ1v) is 5.67. The standard InChI is InChI=1S/C13H13F2NO2/c14-13(15)18-11-4-2-1-3-9(11)5-8-12(17)16-10-6-7-10/h1-5,8,10,13H,6-7H2,(H,16,17)/b8-5+. The third kappa shape index (κ3) is 3.84. The average Bonchev–Trinajstić information content (AvgIpc) is 3.11. The number of para-hydroxylation sites is 1. The number of carbonyl (C=O) groups is 1. The SMILES string of the molecule is O=C(/C=C/c1ccccc1OC(F)F)NC1CC1. The molecule has 1 amide bonds. The number of alkyl halides is 2. The summed E-state index contributed by atoms with van der Waals surface area (Å²) in [5, 5.41) is 2.77. The van der Waals surface area contributed by atoms with Crippen molar-refractivity contribution in [2.45, 2.75) is 25.5 Å². The molecule has 1 fully saturated rings. The number of rotatable bonds is 5. The van der Waals surface area contributed by atoms with Crippen molar-refractivity contribution in [3.05, 3.63) is 35.9 Å². The van der Waals surface area contributed by atoms with Crippen LogP contribution in [0.25, 0.3) is 6.08 Å². The second-order valence-corrected chi connectivity index (χ2v) is 4.03. The van der Waals surface area contributed by atoms with Crippen molar-refractivity contribution in [1.29, 1.82) is 0 Å². The molecule has 0 saturated heterocycles. The lowest BCUT2D eigenvalue weighted by Crippen LogP contribution is -2.22. The Bertz CT molecular complexity index is 456. The molecular weight excluding hydrogens is 240 g/mol. The fraction of sp³-hybridized carbons (Fsp3) is 0.308. The molecule has 2 rings (SSSR count). The van der Waals surface area contributed by atoms with Gasteiger partial charge >= 0.3 is 6.61 Å². The van der Waals surface area contributed by atoms with Crippen molar-refractivity contribution in [3.8, 4) is 5.75 Å². The van der Waals surface area contributed by atoms with E-state index in [-0.39, 0.29) is 17.7 Å². The van der Waals surface area contributed by atoms with Gasteiger partial charge in [0.2, 0.25) is 5.91 Å². The first-order valence-electron chi connectivity index (χ1n) is 5.67. The fourth-order valence-electron chi connectivity index (χ4n) is 1.46. The highest BCUT2D eigenvalue weighted by Gasteiger charge is 2.22. The van der Waals surface area contributed by atoms with Gasteiger partial charge in [-0.1, -0.05) is 18.2 Å². The molecule has 0 atom stereocenters. The van der Waals surface area contributed by atoms with Crippen molar-refractivity contribution in [2.24, 2.45) is 0 Å². The molecule has 18 heavy (non-hydrogen) atoms. The van der Waals surface area contributed by atoms with Gasteiger partial charge in [-0.3, -0.25) is 4.79 Å². The number of halogens is 2. The number of hydrogen-bond acceptors (Lipinski definition) is 2. The fourth-order valence-corrected chi connectivity index (χ4v) is 1.46. The first kappa shape index (κ1) is 12.5. The molecule has 1 aliphatic rings. The van der Waals surface area contributed by atoms with E-state index in [1.165, 1.54) is 18.2 Å². The Morgan fingerprint density at radius 3 is 2.78 bits per heavy atom. The van der Waals surface area contributed by atoms with Gasteiger partial charge in [0.25, 0.3) is 0 Å². The smallest absolute Gasteiger partial charge is 0.387 e. The van der Waals surface area contributed by atoms with Crippen LogP contribution in [0, 0.1) is 0 Å². The maximum absolute atomic E-state index is 12.2. The maximum atomic E-state index is 12.2. The van der Waals surface area contributed by atoms with Gasteiger partial charge in [-0.05, 0) is 25.0 Å². The van der Waals surface area contributed by atoms with E-state index in [9.17, 15) is 13.6 Å². The molecule has 5 heteroatoms. The molecule has 0 radical (unpaired) electrons. The van der Waals surface area contributed by atoms with Crippen LogP contribution in [-0.4, -0.2) is 18.6 Å². The van der Waals surface area contributed by atoms with Gasteiger partial charge < -0.3 is 10.1 Å². The van der Waals surface area contributed by atoms with Gasteiger partial charge in [0.1, 0.15) is 5.75 Å². The van der Waals surface area contributed by atoms with E-state index in [1.54, 1.807) is 18.2 Å². The zero-order valence-corrected chi connectivity index (χ0v) is 9.61. The van der Waals surface area contributed by atoms with Crippen LogP contribution in [0.1, 0.15) is 18.4 Å². The van der Waals surface area contributed by atoms with Crippen LogP contribution in [0.4, 0.5) is 8.78 Å². The quantitative estimate of drug-likeness (QED) is 0.819. The lowest BCUT2D eigenvalue weighted by atomic mass is 10.2. The van der Waals surface area contributed by atoms with Crippen LogP contribution in [0.15, 0.2) is 30.3 Å². The minimum Gasteiger partial charge on any atom is -0.434 e. The minimum atomic E-state index is -2.88. The van der Waals surface area contributed by atoms with Crippen molar-refractivity contribution >= 4 is 12.0 Å². The molecule has 0 bridgehead atoms. The Labute approximate surface area is 103 Å². The highest BCUT2D eigenvalue weighted by Crippen LogP contribution is 2.22. The number of ether oxygens (including phenoxy) is 1. The maximum Gasteiger partial charge on any atom is 0.387 e. The minimum absolute atomic E-state index is 0.0583. The summed E-state index contributed by atoms with van der Waals surface area (Å²) in [6.45, 7) is -2.88. The first-order chi connectivity index (χ1) is 8.65. The predicted octanol–water partition coefficient (Wildman–Crippen LogP) is 2.58. The Morgan fingerprint density at radius 1 is 1.39 bits per heavy atom. The molecule has 96 valence electrons. The monoisotopic (exact) mass is 253 g/mol. The predicted molar refractivity (Wildman–Crippen MR) is 63.3 cm³/mol. The Kier molecular flexibility index (Phi) is 3.92. The molecule has 1 saturated carbocycles. The lowest BCUT2D eigenvalue weighted by molar-refractivity contribution is -0.116. The number of benzene rings is 1. The summed E-state index contributed by atoms with van der Waals surface area (Å²) in [6.07, 6.45) is 4.80. The summed E-state index contributed by atoms with van der Waals surface area (Å²) in [7, 11) is 0. The molecular formula is C13H13F2NO2. The Morgan fingerprint density at radius 2 is 2.11 bits per heavy atom. The van der Waals surface area contributed by atoms with E-state index >= 15 is 0 Å². The van der Waals surface area contributed by atoms with E-state index in [0.717, 1.165) is 12.8 Å². The lowest BCUT2D eigenvalue weighted by Gasteiger charge is -2.07. The summed E-state index contributed by atoms with van der Waals surface area (Å²) in [5.41, 5.74) is 0.448.